The van der Waals surface area contributed by atoms with Crippen molar-refractivity contribution in [2.75, 3.05) is 0 Å². The summed E-state index contributed by atoms with van der Waals surface area (Å²) in [5.41, 5.74) is 1.63. The molecule has 1 N–H and O–H groups in total. The second-order valence-corrected chi connectivity index (χ2v) is 6.52. The number of nitrogens with one attached hydrogen (secondary N) is 1. The Morgan fingerprint density at radius 3 is 2.96 bits per heavy atom. The molecule has 2 heterocycles. The van der Waals surface area contributed by atoms with Gasteiger partial charge in [0.05, 0.1) is 11.7 Å². The standard InChI is InChI=1S/C20H12F2N4O2/c21-15-6-12-11(19(22)14(15)7-23)2-4-17(12)28-10-1-3-16-13(5-10)20(26-25-16)18-8-24-9-27-18/h1,3,5-6,8-9,17H,2,4H2,(H,25,26)/t17-/m0/s1. The smallest absolute Gasteiger partial charge is 0.181 e. The number of halogens is 2. The normalized spacial score (nSPS) is 15.5. The van der Waals surface area contributed by atoms with Crippen molar-refractivity contribution in [1.29, 1.82) is 5.26 Å². The van der Waals surface area contributed by atoms with E-state index in [4.69, 9.17) is 14.4 Å². The summed E-state index contributed by atoms with van der Waals surface area (Å²) in [6.07, 6.45) is 3.28. The molecule has 0 saturated heterocycles. The predicted octanol–water partition coefficient (Wildman–Crippen LogP) is 4.43. The van der Waals surface area contributed by atoms with Gasteiger partial charge in [-0.3, -0.25) is 5.10 Å². The molecule has 0 bridgehead atoms. The van der Waals surface area contributed by atoms with E-state index >= 15 is 0 Å². The van der Waals surface area contributed by atoms with Gasteiger partial charge in [0.25, 0.3) is 0 Å². The third kappa shape index (κ3) is 2.44. The van der Waals surface area contributed by atoms with Crippen molar-refractivity contribution in [2.24, 2.45) is 0 Å². The Kier molecular flexibility index (Phi) is 3.62. The van der Waals surface area contributed by atoms with Crippen LogP contribution in [0.2, 0.25) is 0 Å². The average Bonchev–Trinajstić information content (AvgIpc) is 3.42. The van der Waals surface area contributed by atoms with Crippen LogP contribution in [0.25, 0.3) is 22.4 Å². The number of nitriles is 1. The molecule has 4 aromatic rings. The number of aromatic nitrogens is 3. The summed E-state index contributed by atoms with van der Waals surface area (Å²) in [6, 6.07) is 8.15. The number of fused-ring (bicyclic) bond motifs is 2. The molecular weight excluding hydrogens is 366 g/mol. The van der Waals surface area contributed by atoms with E-state index < -0.39 is 23.3 Å². The van der Waals surface area contributed by atoms with Crippen LogP contribution in [0.3, 0.4) is 0 Å². The number of nitrogens with zero attached hydrogens (tertiary/aromatic N) is 3. The average molecular weight is 378 g/mol. The Bertz CT molecular complexity index is 1240. The molecular formula is C20H12F2N4O2. The van der Waals surface area contributed by atoms with Crippen molar-refractivity contribution in [2.45, 2.75) is 18.9 Å². The zero-order valence-corrected chi connectivity index (χ0v) is 14.4. The first-order valence-corrected chi connectivity index (χ1v) is 8.60. The van der Waals surface area contributed by atoms with Gasteiger partial charge in [-0.05, 0) is 42.7 Å². The van der Waals surface area contributed by atoms with Crippen LogP contribution < -0.4 is 4.74 Å². The van der Waals surface area contributed by atoms with Crippen molar-refractivity contribution in [3.8, 4) is 23.3 Å². The van der Waals surface area contributed by atoms with E-state index in [2.05, 4.69) is 15.2 Å². The van der Waals surface area contributed by atoms with Gasteiger partial charge in [0.1, 0.15) is 40.8 Å². The lowest BCUT2D eigenvalue weighted by atomic mass is 10.0. The van der Waals surface area contributed by atoms with Crippen molar-refractivity contribution < 1.29 is 17.9 Å². The molecule has 0 unspecified atom stereocenters. The molecule has 1 aliphatic carbocycles. The first kappa shape index (κ1) is 16.4. The third-order valence-corrected chi connectivity index (χ3v) is 4.95. The van der Waals surface area contributed by atoms with Crippen LogP contribution in [-0.2, 0) is 6.42 Å². The Hall–Kier alpha value is -3.73. The second kappa shape index (κ2) is 6.16. The maximum absolute atomic E-state index is 14.4. The maximum atomic E-state index is 14.4. The van der Waals surface area contributed by atoms with E-state index in [9.17, 15) is 8.78 Å². The topological polar surface area (TPSA) is 87.7 Å². The van der Waals surface area contributed by atoms with Crippen LogP contribution in [0.15, 0.2) is 41.3 Å². The molecule has 138 valence electrons. The molecule has 28 heavy (non-hydrogen) atoms. The highest BCUT2D eigenvalue weighted by Crippen LogP contribution is 2.39. The Morgan fingerprint density at radius 1 is 1.29 bits per heavy atom. The summed E-state index contributed by atoms with van der Waals surface area (Å²) in [7, 11) is 0. The highest BCUT2D eigenvalue weighted by Gasteiger charge is 2.30. The van der Waals surface area contributed by atoms with Gasteiger partial charge in [-0.2, -0.15) is 10.4 Å². The zero-order valence-electron chi connectivity index (χ0n) is 14.4. The van der Waals surface area contributed by atoms with Gasteiger partial charge in [0.15, 0.2) is 12.2 Å². The van der Waals surface area contributed by atoms with Crippen molar-refractivity contribution in [1.82, 2.24) is 15.2 Å². The summed E-state index contributed by atoms with van der Waals surface area (Å²) in [4.78, 5) is 3.90. The van der Waals surface area contributed by atoms with Gasteiger partial charge in [0, 0.05) is 10.9 Å². The van der Waals surface area contributed by atoms with Gasteiger partial charge >= 0.3 is 0 Å². The zero-order chi connectivity index (χ0) is 19.3. The van der Waals surface area contributed by atoms with Crippen LogP contribution in [-0.4, -0.2) is 15.2 Å². The predicted molar refractivity (Wildman–Crippen MR) is 94.4 cm³/mol. The van der Waals surface area contributed by atoms with E-state index in [-0.39, 0.29) is 0 Å². The number of H-pyrrole nitrogens is 1. The van der Waals surface area contributed by atoms with Crippen LogP contribution in [0.5, 0.6) is 5.75 Å². The Balaban J connectivity index is 1.51. The molecule has 6 nitrogen and oxygen atoms in total. The SMILES string of the molecule is N#Cc1c(F)cc2c(c1F)CC[C@@H]2Oc1ccc2[nH]nc(-c3cnco3)c2c1. The van der Waals surface area contributed by atoms with Crippen LogP contribution >= 0.6 is 0 Å². The van der Waals surface area contributed by atoms with Gasteiger partial charge in [-0.15, -0.1) is 0 Å². The minimum absolute atomic E-state index is 0.342. The minimum Gasteiger partial charge on any atom is -0.486 e. The number of rotatable bonds is 3. The molecule has 1 atom stereocenters. The molecule has 0 aliphatic heterocycles. The lowest BCUT2D eigenvalue weighted by molar-refractivity contribution is 0.207. The molecule has 2 aromatic carbocycles. The number of oxazole rings is 1. The monoisotopic (exact) mass is 378 g/mol. The first-order chi connectivity index (χ1) is 13.7. The third-order valence-electron chi connectivity index (χ3n) is 4.95. The Labute approximate surface area is 157 Å². The largest absolute Gasteiger partial charge is 0.486 e. The number of aromatic amines is 1. The fraction of sp³-hybridized carbons (Fsp3) is 0.150. The molecule has 0 fully saturated rings. The minimum atomic E-state index is -0.868. The molecule has 8 heteroatoms. The quantitative estimate of drug-likeness (QED) is 0.570. The van der Waals surface area contributed by atoms with E-state index in [0.29, 0.717) is 41.2 Å². The molecule has 1 aliphatic rings. The molecule has 0 radical (unpaired) electrons. The van der Waals surface area contributed by atoms with Crippen LogP contribution in [0.4, 0.5) is 8.78 Å². The lowest BCUT2D eigenvalue weighted by Crippen LogP contribution is -2.05. The van der Waals surface area contributed by atoms with Gasteiger partial charge in [0.2, 0.25) is 0 Å². The number of hydrogen-bond acceptors (Lipinski definition) is 5. The molecule has 0 spiro atoms. The van der Waals surface area contributed by atoms with E-state index in [1.807, 2.05) is 6.07 Å². The van der Waals surface area contributed by atoms with Crippen LogP contribution in [0, 0.1) is 23.0 Å². The summed E-state index contributed by atoms with van der Waals surface area (Å²) in [6.45, 7) is 0. The summed E-state index contributed by atoms with van der Waals surface area (Å²) >= 11 is 0. The molecule has 0 amide bonds. The van der Waals surface area contributed by atoms with E-state index in [0.717, 1.165) is 10.9 Å². The number of ether oxygens (including phenoxy) is 1. The summed E-state index contributed by atoms with van der Waals surface area (Å²) < 4.78 is 39.8. The molecule has 5 rings (SSSR count). The van der Waals surface area contributed by atoms with Gasteiger partial charge in [-0.1, -0.05) is 0 Å². The fourth-order valence-corrected chi connectivity index (χ4v) is 3.63. The number of hydrogen-bond donors (Lipinski definition) is 1. The van der Waals surface area contributed by atoms with Crippen molar-refractivity contribution in [3.63, 3.8) is 0 Å². The Morgan fingerprint density at radius 2 is 2.18 bits per heavy atom. The summed E-state index contributed by atoms with van der Waals surface area (Å²) in [5.74, 6) is -0.603. The van der Waals surface area contributed by atoms with Crippen molar-refractivity contribution >= 4 is 10.9 Å². The van der Waals surface area contributed by atoms with Crippen LogP contribution in [0.1, 0.15) is 29.2 Å². The summed E-state index contributed by atoms with van der Waals surface area (Å²) in [5, 5.41) is 16.9. The molecule has 2 aromatic heterocycles. The van der Waals surface area contributed by atoms with E-state index in [1.165, 1.54) is 12.5 Å². The second-order valence-electron chi connectivity index (χ2n) is 6.52. The highest BCUT2D eigenvalue weighted by atomic mass is 19.1. The van der Waals surface area contributed by atoms with Gasteiger partial charge < -0.3 is 9.15 Å². The maximum Gasteiger partial charge on any atom is 0.181 e. The van der Waals surface area contributed by atoms with E-state index in [1.54, 1.807) is 24.4 Å². The first-order valence-electron chi connectivity index (χ1n) is 8.60. The fourth-order valence-electron chi connectivity index (χ4n) is 3.63. The number of benzene rings is 2. The molecule has 0 saturated carbocycles. The van der Waals surface area contributed by atoms with Gasteiger partial charge in [-0.25, -0.2) is 13.8 Å². The highest BCUT2D eigenvalue weighted by molar-refractivity contribution is 5.92. The lowest BCUT2D eigenvalue weighted by Gasteiger charge is -2.15. The van der Waals surface area contributed by atoms with Crippen molar-refractivity contribution in [3.05, 3.63) is 65.2 Å².